The number of ether oxygens (including phenoxy) is 1. The van der Waals surface area contributed by atoms with Crippen LogP contribution >= 0.6 is 0 Å². The van der Waals surface area contributed by atoms with E-state index in [2.05, 4.69) is 79.9 Å². The van der Waals surface area contributed by atoms with Crippen molar-refractivity contribution in [3.05, 3.63) is 58.7 Å². The second kappa shape index (κ2) is 19.9. The molecule has 0 saturated carbocycles. The highest BCUT2D eigenvalue weighted by Crippen LogP contribution is 2.44. The van der Waals surface area contributed by atoms with Crippen LogP contribution in [0.3, 0.4) is 0 Å². The highest BCUT2D eigenvalue weighted by molar-refractivity contribution is 5.68. The van der Waals surface area contributed by atoms with Gasteiger partial charge in [-0.05, 0) is 118 Å². The fourth-order valence-electron chi connectivity index (χ4n) is 10.3. The number of amides is 1. The fourth-order valence-corrected chi connectivity index (χ4v) is 10.3. The minimum Gasteiger partial charge on any atom is -0.426 e. The first-order valence-corrected chi connectivity index (χ1v) is 22.4. The summed E-state index contributed by atoms with van der Waals surface area (Å²) in [6, 6.07) is 13.4. The summed E-state index contributed by atoms with van der Waals surface area (Å²) in [4.78, 5) is 22.9. The van der Waals surface area contributed by atoms with Gasteiger partial charge in [-0.2, -0.15) is 39.5 Å². The molecule has 2 aromatic carbocycles. The number of rotatable bonds is 7. The molecule has 4 fully saturated rings. The van der Waals surface area contributed by atoms with Crippen LogP contribution in [0.25, 0.3) is 0 Å². The van der Waals surface area contributed by atoms with Gasteiger partial charge in [-0.25, -0.2) is 4.79 Å². The molecular weight excluding hydrogens is 844 g/mol. The number of nitrogens with zero attached hydrogens (tertiary/aromatic N) is 5. The molecule has 2 N–H and O–H groups in total. The summed E-state index contributed by atoms with van der Waals surface area (Å²) in [6.07, 6.45) is -15.2. The molecule has 18 heteroatoms. The van der Waals surface area contributed by atoms with Gasteiger partial charge in [0.2, 0.25) is 0 Å². The second-order valence-corrected chi connectivity index (χ2v) is 18.3. The Labute approximate surface area is 364 Å². The quantitative estimate of drug-likeness (QED) is 0.268. The van der Waals surface area contributed by atoms with Gasteiger partial charge in [-0.3, -0.25) is 9.80 Å². The van der Waals surface area contributed by atoms with E-state index >= 15 is 0 Å². The van der Waals surface area contributed by atoms with Gasteiger partial charge in [-0.1, -0.05) is 36.4 Å². The molecule has 2 aromatic rings. The lowest BCUT2D eigenvalue weighted by Gasteiger charge is -2.54. The molecule has 0 bridgehead atoms. The first kappa shape index (κ1) is 49.0. The van der Waals surface area contributed by atoms with Gasteiger partial charge >= 0.3 is 24.6 Å². The molecule has 354 valence electrons. The third-order valence-corrected chi connectivity index (χ3v) is 13.6. The summed E-state index contributed by atoms with van der Waals surface area (Å²) in [5, 5.41) is 11.3. The first-order chi connectivity index (χ1) is 29.7. The molecule has 4 saturated heterocycles. The number of aliphatic hydroxyl groups excluding tert-OH is 1. The van der Waals surface area contributed by atoms with E-state index in [1.54, 1.807) is 16.8 Å². The normalized spacial score (nSPS) is 21.6. The van der Waals surface area contributed by atoms with Gasteiger partial charge in [0.15, 0.2) is 0 Å². The number of benzene rings is 2. The van der Waals surface area contributed by atoms with Gasteiger partial charge in [0.1, 0.15) is 6.10 Å². The van der Waals surface area contributed by atoms with Crippen molar-refractivity contribution >= 4 is 17.5 Å². The number of alkyl halides is 9. The molecule has 63 heavy (non-hydrogen) atoms. The van der Waals surface area contributed by atoms with Crippen LogP contribution in [0, 0.1) is 10.8 Å². The predicted molar refractivity (Wildman–Crippen MR) is 224 cm³/mol. The van der Waals surface area contributed by atoms with Crippen molar-refractivity contribution in [1.29, 1.82) is 0 Å². The molecule has 6 aliphatic rings. The Bertz CT molecular complexity index is 1800. The standard InChI is InChI=1S/C23H29F6N3O2.C19H29N3.C3H5F3O/c1-2-31-10-4-7-16-5-3-6-17(18(16)31)13-30-14-21(15-30)8-11-32(12-9-21)20(33)34-19(22(24,25)26)23(27,28)29;1-2-22-12-4-7-16-5-3-6-17(18(16)22)13-21-14-19(15-21)8-10-20-11-9-19;1-2(7)3(4,5)6/h3,5-6,19H,2,4,7-15H2,1H3;3,5-6,20H,2,4,7-15H2,1H3;2,7H,1H3. The molecule has 1 atom stereocenters. The number of para-hydroxylation sites is 2. The van der Waals surface area contributed by atoms with Gasteiger partial charge in [0.25, 0.3) is 6.10 Å². The Morgan fingerprint density at radius 2 is 1.10 bits per heavy atom. The number of likely N-dealkylation sites (tertiary alicyclic amines) is 3. The smallest absolute Gasteiger partial charge is 0.426 e. The van der Waals surface area contributed by atoms with Crippen LogP contribution in [0.2, 0.25) is 0 Å². The summed E-state index contributed by atoms with van der Waals surface area (Å²) in [7, 11) is 0. The Morgan fingerprint density at radius 3 is 1.48 bits per heavy atom. The van der Waals surface area contributed by atoms with Crippen LogP contribution in [0.1, 0.15) is 81.5 Å². The summed E-state index contributed by atoms with van der Waals surface area (Å²) >= 11 is 0. The van der Waals surface area contributed by atoms with Crippen molar-refractivity contribution in [3.63, 3.8) is 0 Å². The SMILES string of the molecule is CC(O)C(F)(F)F.CCN1CCCc2cccc(CN3CC4(CCN(C(=O)OC(C(F)(F)F)C(F)(F)F)CC4)C3)c21.CCN1CCCc2cccc(CN3CC4(CCNCC4)C3)c21. The van der Waals surface area contributed by atoms with Gasteiger partial charge in [-0.15, -0.1) is 0 Å². The first-order valence-electron chi connectivity index (χ1n) is 22.4. The number of aryl methyl sites for hydroxylation is 2. The molecular formula is C45H63F9N6O3. The number of carbonyl (C=O) groups is 1. The Balaban J connectivity index is 0.000000194. The molecule has 6 heterocycles. The third-order valence-electron chi connectivity index (χ3n) is 13.6. The highest BCUT2D eigenvalue weighted by atomic mass is 19.4. The summed E-state index contributed by atoms with van der Waals surface area (Å²) in [6.45, 7) is 18.2. The maximum Gasteiger partial charge on any atom is 0.434 e. The average Bonchev–Trinajstić information content (AvgIpc) is 3.21. The number of piperidine rings is 2. The van der Waals surface area contributed by atoms with Crippen LogP contribution in [-0.2, 0) is 30.7 Å². The minimum atomic E-state index is -5.70. The van der Waals surface area contributed by atoms with E-state index in [1.165, 1.54) is 75.2 Å². The van der Waals surface area contributed by atoms with E-state index in [-0.39, 0.29) is 18.5 Å². The van der Waals surface area contributed by atoms with Gasteiger partial charge in [0.05, 0.1) is 0 Å². The van der Waals surface area contributed by atoms with E-state index in [1.807, 2.05) is 0 Å². The fraction of sp³-hybridized carbons (Fsp3) is 0.711. The van der Waals surface area contributed by atoms with Crippen molar-refractivity contribution in [3.8, 4) is 0 Å². The van der Waals surface area contributed by atoms with Crippen molar-refractivity contribution in [2.45, 2.75) is 116 Å². The number of hydrogen-bond donors (Lipinski definition) is 2. The summed E-state index contributed by atoms with van der Waals surface area (Å²) in [5.41, 5.74) is 9.23. The van der Waals surface area contributed by atoms with Crippen LogP contribution < -0.4 is 15.1 Å². The molecule has 1 amide bonds. The van der Waals surface area contributed by atoms with E-state index < -0.39 is 36.8 Å². The van der Waals surface area contributed by atoms with Crippen molar-refractivity contribution in [2.24, 2.45) is 10.8 Å². The number of anilines is 2. The zero-order chi connectivity index (χ0) is 45.8. The number of halogens is 9. The summed E-state index contributed by atoms with van der Waals surface area (Å²) in [5.74, 6) is 0. The maximum atomic E-state index is 12.7. The minimum absolute atomic E-state index is 0.0660. The molecule has 1 unspecified atom stereocenters. The topological polar surface area (TPSA) is 74.8 Å². The van der Waals surface area contributed by atoms with Crippen molar-refractivity contribution < 1.29 is 54.2 Å². The molecule has 6 aliphatic heterocycles. The third kappa shape index (κ3) is 12.1. The predicted octanol–water partition coefficient (Wildman–Crippen LogP) is 8.56. The Morgan fingerprint density at radius 1 is 0.683 bits per heavy atom. The maximum absolute atomic E-state index is 12.7. The molecule has 0 radical (unpaired) electrons. The number of carbonyl (C=O) groups excluding carboxylic acids is 1. The van der Waals surface area contributed by atoms with E-state index in [0.29, 0.717) is 25.2 Å². The molecule has 0 aliphatic carbocycles. The van der Waals surface area contributed by atoms with Crippen molar-refractivity contribution in [2.75, 3.05) is 88.3 Å². The average molecular weight is 907 g/mol. The number of aliphatic hydroxyl groups is 1. The zero-order valence-corrected chi connectivity index (χ0v) is 36.6. The summed E-state index contributed by atoms with van der Waals surface area (Å²) < 4.78 is 113. The second-order valence-electron chi connectivity index (χ2n) is 18.3. The monoisotopic (exact) mass is 906 g/mol. The zero-order valence-electron chi connectivity index (χ0n) is 36.6. The molecule has 8 rings (SSSR count). The van der Waals surface area contributed by atoms with Crippen LogP contribution in [0.15, 0.2) is 36.4 Å². The Hall–Kier alpha value is -3.48. The van der Waals surface area contributed by atoms with Crippen molar-refractivity contribution in [1.82, 2.24) is 20.0 Å². The number of hydrogen-bond acceptors (Lipinski definition) is 8. The lowest BCUT2D eigenvalue weighted by atomic mass is 9.72. The van der Waals surface area contributed by atoms with Crippen LogP contribution in [-0.4, -0.2) is 135 Å². The lowest BCUT2D eigenvalue weighted by Crippen LogP contribution is -2.60. The lowest BCUT2D eigenvalue weighted by molar-refractivity contribution is -0.308. The number of fused-ring (bicyclic) bond motifs is 2. The highest BCUT2D eigenvalue weighted by Gasteiger charge is 2.60. The van der Waals surface area contributed by atoms with Gasteiger partial charge < -0.3 is 29.9 Å². The number of nitrogens with one attached hydrogen (secondary N) is 1. The molecule has 9 nitrogen and oxygen atoms in total. The van der Waals surface area contributed by atoms with E-state index in [0.717, 1.165) is 63.6 Å². The van der Waals surface area contributed by atoms with E-state index in [4.69, 9.17) is 5.11 Å². The van der Waals surface area contributed by atoms with Crippen LogP contribution in [0.5, 0.6) is 0 Å². The van der Waals surface area contributed by atoms with Gasteiger partial charge in [0, 0.05) is 89.9 Å². The molecule has 2 spiro atoms. The molecule has 0 aromatic heterocycles. The largest absolute Gasteiger partial charge is 0.434 e. The van der Waals surface area contributed by atoms with Crippen LogP contribution in [0.4, 0.5) is 55.7 Å². The van der Waals surface area contributed by atoms with E-state index in [9.17, 15) is 44.3 Å². The Kier molecular flexibility index (Phi) is 15.5.